The van der Waals surface area contributed by atoms with Gasteiger partial charge in [-0.1, -0.05) is 6.07 Å². The minimum absolute atomic E-state index is 0.303. The van der Waals surface area contributed by atoms with E-state index in [9.17, 15) is 4.79 Å². The SMILES string of the molecule is CNC(COc1ccc2c(c1)CCCC2)(C(N)=O)C1CC1. The van der Waals surface area contributed by atoms with Crippen molar-refractivity contribution in [3.05, 3.63) is 29.3 Å². The first kappa shape index (κ1) is 14.4. The van der Waals surface area contributed by atoms with Gasteiger partial charge in [0.15, 0.2) is 0 Å². The van der Waals surface area contributed by atoms with Crippen molar-refractivity contribution >= 4 is 5.91 Å². The molecule has 114 valence electrons. The number of fused-ring (bicyclic) bond motifs is 1. The van der Waals surface area contributed by atoms with Crippen molar-refractivity contribution in [1.82, 2.24) is 5.32 Å². The molecule has 1 amide bonds. The van der Waals surface area contributed by atoms with Gasteiger partial charge in [-0.05, 0) is 74.8 Å². The maximum absolute atomic E-state index is 11.9. The molecule has 2 aliphatic rings. The zero-order valence-electron chi connectivity index (χ0n) is 12.7. The van der Waals surface area contributed by atoms with Gasteiger partial charge in [-0.25, -0.2) is 0 Å². The van der Waals surface area contributed by atoms with Gasteiger partial charge in [0.25, 0.3) is 0 Å². The molecule has 2 aliphatic carbocycles. The van der Waals surface area contributed by atoms with Crippen molar-refractivity contribution in [2.24, 2.45) is 11.7 Å². The summed E-state index contributed by atoms with van der Waals surface area (Å²) in [5, 5.41) is 3.11. The molecule has 21 heavy (non-hydrogen) atoms. The number of ether oxygens (including phenoxy) is 1. The van der Waals surface area contributed by atoms with Gasteiger partial charge >= 0.3 is 0 Å². The Bertz CT molecular complexity index is 540. The maximum atomic E-state index is 11.9. The smallest absolute Gasteiger partial charge is 0.241 e. The zero-order valence-corrected chi connectivity index (χ0v) is 12.7. The van der Waals surface area contributed by atoms with Crippen LogP contribution in [0.1, 0.15) is 36.8 Å². The molecular weight excluding hydrogens is 264 g/mol. The van der Waals surface area contributed by atoms with E-state index in [1.807, 2.05) is 6.07 Å². The molecule has 0 aliphatic heterocycles. The third kappa shape index (κ3) is 2.77. The van der Waals surface area contributed by atoms with Crippen molar-refractivity contribution < 1.29 is 9.53 Å². The van der Waals surface area contributed by atoms with Gasteiger partial charge < -0.3 is 15.8 Å². The summed E-state index contributed by atoms with van der Waals surface area (Å²) in [5.74, 6) is 0.834. The largest absolute Gasteiger partial charge is 0.491 e. The van der Waals surface area contributed by atoms with E-state index in [0.29, 0.717) is 12.5 Å². The van der Waals surface area contributed by atoms with Crippen molar-refractivity contribution in [3.63, 3.8) is 0 Å². The van der Waals surface area contributed by atoms with Crippen LogP contribution in [-0.2, 0) is 17.6 Å². The van der Waals surface area contributed by atoms with Crippen LogP contribution in [0.5, 0.6) is 5.75 Å². The second-order valence-corrected chi connectivity index (χ2v) is 6.29. The second kappa shape index (κ2) is 5.68. The van der Waals surface area contributed by atoms with Crippen molar-refractivity contribution in [1.29, 1.82) is 0 Å². The highest BCUT2D eigenvalue weighted by molar-refractivity contribution is 5.85. The number of aryl methyl sites for hydroxylation is 2. The van der Waals surface area contributed by atoms with Crippen LogP contribution in [-0.4, -0.2) is 25.1 Å². The molecular formula is C17H24N2O2. The minimum atomic E-state index is -0.726. The van der Waals surface area contributed by atoms with Gasteiger partial charge in [0, 0.05) is 0 Å². The number of carbonyl (C=O) groups excluding carboxylic acids is 1. The Morgan fingerprint density at radius 1 is 1.33 bits per heavy atom. The molecule has 1 aromatic rings. The lowest BCUT2D eigenvalue weighted by Crippen LogP contribution is -2.59. The molecule has 1 atom stereocenters. The lowest BCUT2D eigenvalue weighted by molar-refractivity contribution is -0.126. The summed E-state index contributed by atoms with van der Waals surface area (Å²) in [7, 11) is 1.79. The number of hydrogen-bond acceptors (Lipinski definition) is 3. The Hall–Kier alpha value is -1.55. The summed E-state index contributed by atoms with van der Waals surface area (Å²) in [6.07, 6.45) is 6.90. The van der Waals surface area contributed by atoms with Crippen molar-refractivity contribution in [2.75, 3.05) is 13.7 Å². The van der Waals surface area contributed by atoms with Gasteiger partial charge in [0.05, 0.1) is 0 Å². The van der Waals surface area contributed by atoms with E-state index >= 15 is 0 Å². The van der Waals surface area contributed by atoms with Crippen LogP contribution in [0.3, 0.4) is 0 Å². The third-order valence-corrected chi connectivity index (χ3v) is 4.95. The standard InChI is InChI=1S/C17H24N2O2/c1-19-17(16(18)20,14-7-8-14)11-21-15-9-6-12-4-2-3-5-13(12)10-15/h6,9-10,14,19H,2-5,7-8,11H2,1H3,(H2,18,20). The minimum Gasteiger partial charge on any atom is -0.491 e. The predicted molar refractivity (Wildman–Crippen MR) is 82.3 cm³/mol. The quantitative estimate of drug-likeness (QED) is 0.839. The van der Waals surface area contributed by atoms with Gasteiger partial charge in [0.1, 0.15) is 17.9 Å². The molecule has 1 fully saturated rings. The van der Waals surface area contributed by atoms with E-state index in [2.05, 4.69) is 17.4 Å². The van der Waals surface area contributed by atoms with Gasteiger partial charge in [0.2, 0.25) is 5.91 Å². The molecule has 3 rings (SSSR count). The number of amides is 1. The summed E-state index contributed by atoms with van der Waals surface area (Å²) in [6, 6.07) is 6.30. The molecule has 4 heteroatoms. The fourth-order valence-corrected chi connectivity index (χ4v) is 3.36. The van der Waals surface area contributed by atoms with Crippen molar-refractivity contribution in [3.8, 4) is 5.75 Å². The number of carbonyl (C=O) groups is 1. The monoisotopic (exact) mass is 288 g/mol. The number of nitrogens with two attached hydrogens (primary N) is 1. The number of primary amides is 1. The van der Waals surface area contributed by atoms with E-state index in [1.54, 1.807) is 7.05 Å². The number of likely N-dealkylation sites (N-methyl/N-ethyl adjacent to an activating group) is 1. The Kier molecular flexibility index (Phi) is 3.89. The molecule has 4 nitrogen and oxygen atoms in total. The highest BCUT2D eigenvalue weighted by Gasteiger charge is 2.49. The fraction of sp³-hybridized carbons (Fsp3) is 0.588. The van der Waals surface area contributed by atoms with Crippen LogP contribution >= 0.6 is 0 Å². The summed E-state index contributed by atoms with van der Waals surface area (Å²) >= 11 is 0. The highest BCUT2D eigenvalue weighted by Crippen LogP contribution is 2.40. The van der Waals surface area contributed by atoms with E-state index < -0.39 is 5.54 Å². The molecule has 0 aromatic heterocycles. The molecule has 3 N–H and O–H groups in total. The zero-order chi connectivity index (χ0) is 14.9. The number of benzene rings is 1. The summed E-state index contributed by atoms with van der Waals surface area (Å²) in [6.45, 7) is 0.308. The molecule has 0 bridgehead atoms. The van der Waals surface area contributed by atoms with Crippen LogP contribution in [0.4, 0.5) is 0 Å². The first-order valence-corrected chi connectivity index (χ1v) is 7.89. The van der Waals surface area contributed by atoms with E-state index in [4.69, 9.17) is 10.5 Å². The molecule has 1 aromatic carbocycles. The Morgan fingerprint density at radius 2 is 2.05 bits per heavy atom. The lowest BCUT2D eigenvalue weighted by atomic mass is 9.91. The molecule has 0 radical (unpaired) electrons. The first-order valence-electron chi connectivity index (χ1n) is 7.89. The van der Waals surface area contributed by atoms with Crippen LogP contribution in [0.2, 0.25) is 0 Å². The van der Waals surface area contributed by atoms with Crippen molar-refractivity contribution in [2.45, 2.75) is 44.1 Å². The van der Waals surface area contributed by atoms with Gasteiger partial charge in [-0.2, -0.15) is 0 Å². The Labute approximate surface area is 126 Å². The second-order valence-electron chi connectivity index (χ2n) is 6.29. The Morgan fingerprint density at radius 3 is 2.67 bits per heavy atom. The summed E-state index contributed by atoms with van der Waals surface area (Å²) < 4.78 is 5.93. The number of nitrogens with one attached hydrogen (secondary N) is 1. The van der Waals surface area contributed by atoms with Crippen LogP contribution in [0.25, 0.3) is 0 Å². The predicted octanol–water partition coefficient (Wildman–Crippen LogP) is 1.80. The molecule has 1 saturated carbocycles. The topological polar surface area (TPSA) is 64.3 Å². The van der Waals surface area contributed by atoms with E-state index in [1.165, 1.54) is 30.4 Å². The third-order valence-electron chi connectivity index (χ3n) is 4.95. The Balaban J connectivity index is 1.72. The maximum Gasteiger partial charge on any atom is 0.241 e. The lowest BCUT2D eigenvalue weighted by Gasteiger charge is -2.30. The average molecular weight is 288 g/mol. The van der Waals surface area contributed by atoms with Crippen LogP contribution < -0.4 is 15.8 Å². The molecule has 0 spiro atoms. The average Bonchev–Trinajstić information content (AvgIpc) is 3.33. The number of hydrogen-bond donors (Lipinski definition) is 2. The normalized spacial score (nSPS) is 20.4. The molecule has 0 heterocycles. The van der Waals surface area contributed by atoms with Crippen LogP contribution in [0.15, 0.2) is 18.2 Å². The highest BCUT2D eigenvalue weighted by atomic mass is 16.5. The first-order chi connectivity index (χ1) is 10.2. The van der Waals surface area contributed by atoms with E-state index in [-0.39, 0.29) is 5.91 Å². The van der Waals surface area contributed by atoms with Crippen LogP contribution in [0, 0.1) is 5.92 Å². The van der Waals surface area contributed by atoms with E-state index in [0.717, 1.165) is 25.0 Å². The molecule has 0 saturated heterocycles. The summed E-state index contributed by atoms with van der Waals surface area (Å²) in [4.78, 5) is 11.9. The molecule has 1 unspecified atom stereocenters. The van der Waals surface area contributed by atoms with Gasteiger partial charge in [-0.3, -0.25) is 4.79 Å². The fourth-order valence-electron chi connectivity index (χ4n) is 3.36. The van der Waals surface area contributed by atoms with Gasteiger partial charge in [-0.15, -0.1) is 0 Å². The summed E-state index contributed by atoms with van der Waals surface area (Å²) in [5.41, 5.74) is 7.71. The number of rotatable bonds is 6.